The minimum atomic E-state index is -0.441. The first kappa shape index (κ1) is 19.3. The summed E-state index contributed by atoms with van der Waals surface area (Å²) in [6.07, 6.45) is 2.45. The van der Waals surface area contributed by atoms with E-state index in [2.05, 4.69) is 31.5 Å². The van der Waals surface area contributed by atoms with Crippen molar-refractivity contribution in [1.82, 2.24) is 10.3 Å². The van der Waals surface area contributed by atoms with Crippen molar-refractivity contribution in [2.45, 2.75) is 31.7 Å². The molecule has 0 unspecified atom stereocenters. The van der Waals surface area contributed by atoms with E-state index in [1.54, 1.807) is 25.3 Å². The van der Waals surface area contributed by atoms with Gasteiger partial charge in [0, 0.05) is 34.6 Å². The van der Waals surface area contributed by atoms with Gasteiger partial charge >= 0.3 is 6.03 Å². The summed E-state index contributed by atoms with van der Waals surface area (Å²) in [5, 5.41) is 5.43. The molecule has 8 heteroatoms. The largest absolute Gasteiger partial charge is 0.496 e. The summed E-state index contributed by atoms with van der Waals surface area (Å²) < 4.78 is 20.6. The number of methoxy groups -OCH3 is 1. The van der Waals surface area contributed by atoms with E-state index in [9.17, 15) is 14.0 Å². The molecule has 1 aliphatic rings. The van der Waals surface area contributed by atoms with Crippen LogP contribution in [0.1, 0.15) is 41.6 Å². The predicted octanol–water partition coefficient (Wildman–Crippen LogP) is 4.26. The van der Waals surface area contributed by atoms with Crippen LogP contribution >= 0.6 is 15.9 Å². The molecule has 1 aliphatic carbocycles. The number of anilines is 1. The van der Waals surface area contributed by atoms with Crippen molar-refractivity contribution in [1.29, 1.82) is 0 Å². The molecule has 6 nitrogen and oxygen atoms in total. The van der Waals surface area contributed by atoms with Crippen LogP contribution in [0.5, 0.6) is 5.75 Å². The first-order chi connectivity index (χ1) is 12.9. The summed E-state index contributed by atoms with van der Waals surface area (Å²) >= 11 is 3.27. The Labute approximate surface area is 164 Å². The zero-order valence-corrected chi connectivity index (χ0v) is 16.5. The highest BCUT2D eigenvalue weighted by atomic mass is 79.9. The van der Waals surface area contributed by atoms with E-state index in [0.717, 1.165) is 4.47 Å². The van der Waals surface area contributed by atoms with E-state index in [1.807, 2.05) is 0 Å². The van der Waals surface area contributed by atoms with Crippen LogP contribution < -0.4 is 15.4 Å². The van der Waals surface area contributed by atoms with Gasteiger partial charge in [-0.25, -0.2) is 14.2 Å². The molecule has 2 atom stereocenters. The molecule has 27 heavy (non-hydrogen) atoms. The number of Topliss-reactive ketones (excluding diaryl/α,β-unsaturated/α-hetero) is 1. The van der Waals surface area contributed by atoms with Crippen LogP contribution in [0.2, 0.25) is 0 Å². The normalized spacial score (nSPS) is 17.9. The van der Waals surface area contributed by atoms with Crippen LogP contribution in [0.25, 0.3) is 0 Å². The number of carbonyl (C=O) groups is 2. The smallest absolute Gasteiger partial charge is 0.320 e. The number of aromatic nitrogens is 1. The van der Waals surface area contributed by atoms with Gasteiger partial charge in [0.1, 0.15) is 17.4 Å². The zero-order chi connectivity index (χ0) is 19.6. The predicted molar refractivity (Wildman–Crippen MR) is 103 cm³/mol. The first-order valence-electron chi connectivity index (χ1n) is 8.53. The monoisotopic (exact) mass is 435 g/mol. The standard InChI is InChI=1S/C19H19BrFN3O3/c1-3-15(25)11-5-6-13(21)17(18(11)27-2)12-8-14(12)23-19(26)24-16-7-4-10(20)9-22-16/h4-7,9,12,14H,3,8H2,1-2H3,(H2,22,23,24,26)/t12-,14+/m1/s1. The van der Waals surface area contributed by atoms with Gasteiger partial charge in [0.05, 0.1) is 12.7 Å². The van der Waals surface area contributed by atoms with Gasteiger partial charge in [-0.3, -0.25) is 10.1 Å². The number of nitrogens with zero attached hydrogens (tertiary/aromatic N) is 1. The van der Waals surface area contributed by atoms with Crippen molar-refractivity contribution >= 4 is 33.6 Å². The minimum Gasteiger partial charge on any atom is -0.496 e. The molecule has 1 heterocycles. The Kier molecular flexibility index (Phi) is 5.74. The number of rotatable bonds is 6. The van der Waals surface area contributed by atoms with Gasteiger partial charge in [0.2, 0.25) is 0 Å². The topological polar surface area (TPSA) is 80.3 Å². The fourth-order valence-electron chi connectivity index (χ4n) is 3.00. The van der Waals surface area contributed by atoms with E-state index in [0.29, 0.717) is 29.8 Å². The van der Waals surface area contributed by atoms with Crippen molar-refractivity contribution < 1.29 is 18.7 Å². The molecule has 2 aromatic rings. The lowest BCUT2D eigenvalue weighted by molar-refractivity contribution is 0.0985. The fraction of sp³-hybridized carbons (Fsp3) is 0.316. The summed E-state index contributed by atoms with van der Waals surface area (Å²) in [6.45, 7) is 1.74. The molecule has 1 aromatic carbocycles. The lowest BCUT2D eigenvalue weighted by atomic mass is 10.00. The van der Waals surface area contributed by atoms with E-state index in [-0.39, 0.29) is 23.5 Å². The summed E-state index contributed by atoms with van der Waals surface area (Å²) in [4.78, 5) is 28.3. The quantitative estimate of drug-likeness (QED) is 0.664. The summed E-state index contributed by atoms with van der Waals surface area (Å²) in [5.74, 6) is -0.132. The summed E-state index contributed by atoms with van der Waals surface area (Å²) in [5.41, 5.74) is 0.703. The van der Waals surface area contributed by atoms with Crippen molar-refractivity contribution in [3.63, 3.8) is 0 Å². The third kappa shape index (κ3) is 4.27. The van der Waals surface area contributed by atoms with Crippen LogP contribution in [0.15, 0.2) is 34.9 Å². The number of ether oxygens (including phenoxy) is 1. The number of carbonyl (C=O) groups excluding carboxylic acids is 2. The average molecular weight is 436 g/mol. The maximum absolute atomic E-state index is 14.4. The maximum Gasteiger partial charge on any atom is 0.320 e. The molecule has 0 saturated heterocycles. The van der Waals surface area contributed by atoms with E-state index < -0.39 is 11.8 Å². The number of nitrogens with one attached hydrogen (secondary N) is 2. The molecule has 3 rings (SSSR count). The zero-order valence-electron chi connectivity index (χ0n) is 14.9. The molecule has 1 saturated carbocycles. The number of amides is 2. The van der Waals surface area contributed by atoms with Gasteiger partial charge in [-0.2, -0.15) is 0 Å². The second-order valence-electron chi connectivity index (χ2n) is 6.23. The summed E-state index contributed by atoms with van der Waals surface area (Å²) in [6, 6.07) is 5.49. The third-order valence-corrected chi connectivity index (χ3v) is 4.88. The Morgan fingerprint density at radius 2 is 2.11 bits per heavy atom. The number of pyridine rings is 1. The van der Waals surface area contributed by atoms with Crippen LogP contribution in [0.4, 0.5) is 15.0 Å². The molecule has 0 spiro atoms. The number of hydrogen-bond acceptors (Lipinski definition) is 4. The Morgan fingerprint density at radius 3 is 2.74 bits per heavy atom. The van der Waals surface area contributed by atoms with E-state index >= 15 is 0 Å². The van der Waals surface area contributed by atoms with Crippen LogP contribution in [-0.4, -0.2) is 29.9 Å². The number of benzene rings is 1. The van der Waals surface area contributed by atoms with Gasteiger partial charge in [0.25, 0.3) is 0 Å². The van der Waals surface area contributed by atoms with E-state index in [1.165, 1.54) is 19.2 Å². The van der Waals surface area contributed by atoms with Crippen LogP contribution in [0.3, 0.4) is 0 Å². The third-order valence-electron chi connectivity index (χ3n) is 4.42. The molecule has 1 fully saturated rings. The Bertz CT molecular complexity index is 873. The molecular weight excluding hydrogens is 417 g/mol. The van der Waals surface area contributed by atoms with Crippen molar-refractivity contribution in [3.05, 3.63) is 51.9 Å². The molecule has 1 aromatic heterocycles. The maximum atomic E-state index is 14.4. The van der Waals surface area contributed by atoms with Crippen LogP contribution in [-0.2, 0) is 0 Å². The first-order valence-corrected chi connectivity index (χ1v) is 9.32. The Balaban J connectivity index is 1.71. The molecule has 142 valence electrons. The highest BCUT2D eigenvalue weighted by Crippen LogP contribution is 2.47. The second-order valence-corrected chi connectivity index (χ2v) is 7.14. The van der Waals surface area contributed by atoms with Gasteiger partial charge in [-0.15, -0.1) is 0 Å². The number of hydrogen-bond donors (Lipinski definition) is 2. The van der Waals surface area contributed by atoms with Crippen LogP contribution in [0, 0.1) is 5.82 Å². The number of ketones is 1. The molecular formula is C19H19BrFN3O3. The van der Waals surface area contributed by atoms with E-state index in [4.69, 9.17) is 4.74 Å². The van der Waals surface area contributed by atoms with Gasteiger partial charge < -0.3 is 10.1 Å². The van der Waals surface area contributed by atoms with Crippen molar-refractivity contribution in [2.75, 3.05) is 12.4 Å². The highest BCUT2D eigenvalue weighted by molar-refractivity contribution is 9.10. The second kappa shape index (κ2) is 8.04. The lowest BCUT2D eigenvalue weighted by Crippen LogP contribution is -2.31. The van der Waals surface area contributed by atoms with Crippen molar-refractivity contribution in [2.24, 2.45) is 0 Å². The number of urea groups is 1. The molecule has 2 N–H and O–H groups in total. The average Bonchev–Trinajstić information content (AvgIpc) is 3.40. The molecule has 0 aliphatic heterocycles. The Hall–Kier alpha value is -2.48. The minimum absolute atomic E-state index is 0.114. The number of halogens is 2. The summed E-state index contributed by atoms with van der Waals surface area (Å²) in [7, 11) is 1.42. The van der Waals surface area contributed by atoms with Gasteiger partial charge in [-0.1, -0.05) is 6.92 Å². The molecule has 0 radical (unpaired) electrons. The molecule has 2 amide bonds. The Morgan fingerprint density at radius 1 is 1.33 bits per heavy atom. The lowest BCUT2D eigenvalue weighted by Gasteiger charge is -2.14. The highest BCUT2D eigenvalue weighted by Gasteiger charge is 2.43. The SMILES string of the molecule is CCC(=O)c1ccc(F)c([C@@H]2C[C@@H]2NC(=O)Nc2ccc(Br)cn2)c1OC. The molecule has 0 bridgehead atoms. The fourth-order valence-corrected chi connectivity index (χ4v) is 3.23. The van der Waals surface area contributed by atoms with Crippen molar-refractivity contribution in [3.8, 4) is 5.75 Å². The van der Waals surface area contributed by atoms with Gasteiger partial charge in [-0.05, 0) is 46.6 Å². The van der Waals surface area contributed by atoms with Gasteiger partial charge in [0.15, 0.2) is 5.78 Å².